The van der Waals surface area contributed by atoms with E-state index in [4.69, 9.17) is 0 Å². The number of anilines is 3. The van der Waals surface area contributed by atoms with Crippen LogP contribution in [-0.4, -0.2) is 15.2 Å². The topological polar surface area (TPSA) is 62.7 Å². The maximum Gasteiger partial charge on any atom is 0.244 e. The molecule has 24 heavy (non-hydrogen) atoms. The lowest BCUT2D eigenvalue weighted by Crippen LogP contribution is -2.07. The minimum atomic E-state index is -0.755. The Morgan fingerprint density at radius 1 is 0.958 bits per heavy atom. The summed E-state index contributed by atoms with van der Waals surface area (Å²) in [4.78, 5) is 4.10. The van der Waals surface area contributed by atoms with Crippen molar-refractivity contribution in [3.8, 4) is 0 Å². The number of nitrogens with zero attached hydrogens (tertiary/aromatic N) is 3. The van der Waals surface area contributed by atoms with Crippen molar-refractivity contribution in [1.29, 1.82) is 0 Å². The normalized spacial score (nSPS) is 10.5. The number of halogens is 3. The third-order valence-corrected chi connectivity index (χ3v) is 3.15. The van der Waals surface area contributed by atoms with Crippen molar-refractivity contribution in [1.82, 2.24) is 15.2 Å². The second-order valence-electron chi connectivity index (χ2n) is 4.86. The second kappa shape index (κ2) is 6.95. The third-order valence-electron chi connectivity index (χ3n) is 3.15. The van der Waals surface area contributed by atoms with Crippen molar-refractivity contribution < 1.29 is 13.2 Å². The van der Waals surface area contributed by atoms with Crippen LogP contribution in [0.15, 0.2) is 48.7 Å². The van der Waals surface area contributed by atoms with Crippen LogP contribution in [-0.2, 0) is 6.54 Å². The summed E-state index contributed by atoms with van der Waals surface area (Å²) in [6.45, 7) is 0.169. The molecule has 0 atom stereocenters. The van der Waals surface area contributed by atoms with Gasteiger partial charge in [0.05, 0.1) is 11.9 Å². The first-order chi connectivity index (χ1) is 11.6. The Morgan fingerprint density at radius 3 is 2.58 bits per heavy atom. The Bertz CT molecular complexity index is 857. The zero-order chi connectivity index (χ0) is 16.9. The Morgan fingerprint density at radius 2 is 1.79 bits per heavy atom. The summed E-state index contributed by atoms with van der Waals surface area (Å²) in [7, 11) is 0. The zero-order valence-electron chi connectivity index (χ0n) is 12.3. The predicted molar refractivity (Wildman–Crippen MR) is 83.2 cm³/mol. The lowest BCUT2D eigenvalue weighted by molar-refractivity contribution is 0.586. The van der Waals surface area contributed by atoms with Crippen LogP contribution in [0, 0.1) is 17.5 Å². The Balaban J connectivity index is 1.71. The van der Waals surface area contributed by atoms with E-state index in [0.29, 0.717) is 5.56 Å². The maximum absolute atomic E-state index is 13.6. The smallest absolute Gasteiger partial charge is 0.244 e. The van der Waals surface area contributed by atoms with E-state index >= 15 is 0 Å². The van der Waals surface area contributed by atoms with Gasteiger partial charge in [0.15, 0.2) is 5.82 Å². The summed E-state index contributed by atoms with van der Waals surface area (Å²) in [6.07, 6.45) is 1.29. The van der Waals surface area contributed by atoms with Crippen molar-refractivity contribution in [3.05, 3.63) is 71.7 Å². The molecule has 5 nitrogen and oxygen atoms in total. The molecule has 0 bridgehead atoms. The standard InChI is InChI=1S/C16H12F3N5/c17-11-5-6-14(13(19)7-11)22-15-9-21-24-16(23-15)20-8-10-3-1-2-4-12(10)18/h1-7,9H,8H2,(H2,20,22,23,24). The third kappa shape index (κ3) is 3.78. The Hall–Kier alpha value is -3.16. The predicted octanol–water partition coefficient (Wildman–Crippen LogP) is 3.64. The molecule has 0 aliphatic heterocycles. The van der Waals surface area contributed by atoms with Gasteiger partial charge in [-0.05, 0) is 18.2 Å². The summed E-state index contributed by atoms with van der Waals surface area (Å²) in [6, 6.07) is 9.43. The first kappa shape index (κ1) is 15.7. The maximum atomic E-state index is 13.6. The molecule has 3 rings (SSSR count). The molecule has 0 spiro atoms. The van der Waals surface area contributed by atoms with E-state index in [1.54, 1.807) is 18.2 Å². The second-order valence-corrected chi connectivity index (χ2v) is 4.86. The van der Waals surface area contributed by atoms with E-state index in [1.807, 2.05) is 0 Å². The molecule has 0 fully saturated rings. The number of hydrogen-bond acceptors (Lipinski definition) is 5. The van der Waals surface area contributed by atoms with Gasteiger partial charge in [-0.15, -0.1) is 5.10 Å². The SMILES string of the molecule is Fc1ccc(Nc2cnnc(NCc3ccccc3F)n2)c(F)c1. The van der Waals surface area contributed by atoms with Gasteiger partial charge >= 0.3 is 0 Å². The highest BCUT2D eigenvalue weighted by Gasteiger charge is 2.07. The molecule has 2 aromatic carbocycles. The first-order valence-electron chi connectivity index (χ1n) is 7.01. The quantitative estimate of drug-likeness (QED) is 0.747. The van der Waals surface area contributed by atoms with Gasteiger partial charge in [0.1, 0.15) is 17.5 Å². The molecule has 0 amide bonds. The molecular weight excluding hydrogens is 319 g/mol. The van der Waals surface area contributed by atoms with Crippen LogP contribution in [0.3, 0.4) is 0 Å². The van der Waals surface area contributed by atoms with Crippen molar-refractivity contribution in [2.45, 2.75) is 6.54 Å². The molecule has 0 aliphatic rings. The lowest BCUT2D eigenvalue weighted by Gasteiger charge is -2.09. The highest BCUT2D eigenvalue weighted by Crippen LogP contribution is 2.19. The first-order valence-corrected chi connectivity index (χ1v) is 7.01. The monoisotopic (exact) mass is 331 g/mol. The van der Waals surface area contributed by atoms with Gasteiger partial charge in [-0.2, -0.15) is 10.1 Å². The van der Waals surface area contributed by atoms with E-state index in [1.165, 1.54) is 18.3 Å². The molecule has 3 aromatic rings. The van der Waals surface area contributed by atoms with E-state index in [0.717, 1.165) is 12.1 Å². The molecule has 1 aromatic heterocycles. The van der Waals surface area contributed by atoms with Crippen LogP contribution in [0.2, 0.25) is 0 Å². The molecule has 0 radical (unpaired) electrons. The molecular formula is C16H12F3N5. The van der Waals surface area contributed by atoms with Crippen LogP contribution in [0.25, 0.3) is 0 Å². The molecule has 0 unspecified atom stereocenters. The summed E-state index contributed by atoms with van der Waals surface area (Å²) in [5, 5.41) is 13.0. The van der Waals surface area contributed by atoms with Crippen molar-refractivity contribution in [2.24, 2.45) is 0 Å². The van der Waals surface area contributed by atoms with E-state index in [-0.39, 0.29) is 29.8 Å². The van der Waals surface area contributed by atoms with Crippen LogP contribution in [0.4, 0.5) is 30.6 Å². The number of rotatable bonds is 5. The van der Waals surface area contributed by atoms with Crippen LogP contribution < -0.4 is 10.6 Å². The molecule has 2 N–H and O–H groups in total. The van der Waals surface area contributed by atoms with Gasteiger partial charge in [0.2, 0.25) is 5.95 Å². The fourth-order valence-electron chi connectivity index (χ4n) is 1.98. The molecule has 0 aliphatic carbocycles. The number of hydrogen-bond donors (Lipinski definition) is 2. The van der Waals surface area contributed by atoms with E-state index in [2.05, 4.69) is 25.8 Å². The van der Waals surface area contributed by atoms with Crippen LogP contribution >= 0.6 is 0 Å². The highest BCUT2D eigenvalue weighted by molar-refractivity contribution is 5.56. The van der Waals surface area contributed by atoms with Gasteiger partial charge in [0.25, 0.3) is 0 Å². The average molecular weight is 331 g/mol. The molecule has 1 heterocycles. The van der Waals surface area contributed by atoms with Crippen molar-refractivity contribution in [3.63, 3.8) is 0 Å². The van der Waals surface area contributed by atoms with Gasteiger partial charge < -0.3 is 10.6 Å². The average Bonchev–Trinajstić information content (AvgIpc) is 2.57. The lowest BCUT2D eigenvalue weighted by atomic mass is 10.2. The Labute approximate surface area is 135 Å². The summed E-state index contributed by atoms with van der Waals surface area (Å²) in [5.74, 6) is -1.42. The van der Waals surface area contributed by atoms with Crippen molar-refractivity contribution >= 4 is 17.5 Å². The van der Waals surface area contributed by atoms with Gasteiger partial charge in [-0.3, -0.25) is 0 Å². The fourth-order valence-corrected chi connectivity index (χ4v) is 1.98. The molecule has 122 valence electrons. The molecule has 8 heteroatoms. The van der Waals surface area contributed by atoms with Gasteiger partial charge in [-0.1, -0.05) is 18.2 Å². The number of benzene rings is 2. The molecule has 0 saturated heterocycles. The fraction of sp³-hybridized carbons (Fsp3) is 0.0625. The minimum absolute atomic E-state index is 0.0527. The minimum Gasteiger partial charge on any atom is -0.349 e. The van der Waals surface area contributed by atoms with Crippen LogP contribution in [0.5, 0.6) is 0 Å². The summed E-state index contributed by atoms with van der Waals surface area (Å²) in [5.41, 5.74) is 0.501. The largest absolute Gasteiger partial charge is 0.349 e. The summed E-state index contributed by atoms with van der Waals surface area (Å²) < 4.78 is 40.1. The van der Waals surface area contributed by atoms with E-state index in [9.17, 15) is 13.2 Å². The Kier molecular flexibility index (Phi) is 4.55. The zero-order valence-corrected chi connectivity index (χ0v) is 12.3. The van der Waals surface area contributed by atoms with Crippen molar-refractivity contribution in [2.75, 3.05) is 10.6 Å². The van der Waals surface area contributed by atoms with E-state index < -0.39 is 11.6 Å². The number of aromatic nitrogens is 3. The summed E-state index contributed by atoms with van der Waals surface area (Å²) >= 11 is 0. The molecule has 0 saturated carbocycles. The van der Waals surface area contributed by atoms with Gasteiger partial charge in [-0.25, -0.2) is 13.2 Å². The van der Waals surface area contributed by atoms with Crippen LogP contribution in [0.1, 0.15) is 5.56 Å². The number of nitrogens with one attached hydrogen (secondary N) is 2. The van der Waals surface area contributed by atoms with Gasteiger partial charge in [0, 0.05) is 18.2 Å². The highest BCUT2D eigenvalue weighted by atomic mass is 19.1.